The van der Waals surface area contributed by atoms with Gasteiger partial charge in [0, 0.05) is 11.1 Å². The Labute approximate surface area is 218 Å². The summed E-state index contributed by atoms with van der Waals surface area (Å²) in [7, 11) is -5.22. The predicted octanol–water partition coefficient (Wildman–Crippen LogP) is 8.21. The third kappa shape index (κ3) is 11.2. The molecule has 1 aromatic carbocycles. The molecule has 1 unspecified atom stereocenters. The van der Waals surface area contributed by atoms with Gasteiger partial charge in [0.25, 0.3) is 0 Å². The van der Waals surface area contributed by atoms with Crippen LogP contribution in [0.2, 0.25) is 0 Å². The Morgan fingerprint density at radius 2 is 1.19 bits per heavy atom. The maximum Gasteiger partial charge on any atom is 0.335 e. The van der Waals surface area contributed by atoms with Crippen LogP contribution in [0.5, 0.6) is 11.5 Å². The van der Waals surface area contributed by atoms with Crippen molar-refractivity contribution in [3.8, 4) is 11.5 Å². The van der Waals surface area contributed by atoms with Crippen molar-refractivity contribution in [3.63, 3.8) is 0 Å². The van der Waals surface area contributed by atoms with Crippen molar-refractivity contribution >= 4 is 15.2 Å². The van der Waals surface area contributed by atoms with Gasteiger partial charge in [0.1, 0.15) is 11.5 Å². The van der Waals surface area contributed by atoms with Crippen LogP contribution in [0.1, 0.15) is 84.8 Å². The predicted molar refractivity (Wildman–Crippen MR) is 146 cm³/mol. The minimum Gasteiger partial charge on any atom is -0.496 e. The maximum atomic E-state index is 13.3. The molecule has 0 aromatic heterocycles. The summed E-state index contributed by atoms with van der Waals surface area (Å²) >= 11 is 0. The molecule has 0 N–H and O–H groups in total. The van der Waals surface area contributed by atoms with Gasteiger partial charge < -0.3 is 27.6 Å². The first kappa shape index (κ1) is 33.1. The van der Waals surface area contributed by atoms with Gasteiger partial charge in [-0.2, -0.15) is 0 Å². The zero-order valence-corrected chi connectivity index (χ0v) is 25.2. The van der Waals surface area contributed by atoms with Crippen LogP contribution in [-0.4, -0.2) is 40.1 Å². The summed E-state index contributed by atoms with van der Waals surface area (Å²) in [5, 5.41) is 0. The molecule has 0 amide bonds. The fraction of sp³-hybridized carbons (Fsp3) is 0.769. The normalized spacial score (nSPS) is 13.1. The number of unbranched alkanes of at least 4 members (excludes halogenated alkanes) is 1. The number of methoxy groups -OCH3 is 1. The van der Waals surface area contributed by atoms with Crippen molar-refractivity contribution in [2.45, 2.75) is 86.0 Å². The van der Waals surface area contributed by atoms with Gasteiger partial charge in [-0.25, -0.2) is 0 Å². The van der Waals surface area contributed by atoms with Gasteiger partial charge in [-0.15, -0.1) is 0 Å². The zero-order chi connectivity index (χ0) is 27.0. The second-order valence-corrected chi connectivity index (χ2v) is 12.6. The lowest BCUT2D eigenvalue weighted by atomic mass is 9.96. The summed E-state index contributed by atoms with van der Waals surface area (Å²) in [6.45, 7) is 13.1. The van der Waals surface area contributed by atoms with E-state index in [-0.39, 0.29) is 38.8 Å². The van der Waals surface area contributed by atoms with Gasteiger partial charge in [0.2, 0.25) is 0 Å². The summed E-state index contributed by atoms with van der Waals surface area (Å²) in [4.78, 5) is 0. The molecule has 0 fully saturated rings. The molecule has 0 spiro atoms. The van der Waals surface area contributed by atoms with E-state index in [4.69, 9.17) is 27.6 Å². The first-order valence-electron chi connectivity index (χ1n) is 13.3. The van der Waals surface area contributed by atoms with Crippen LogP contribution in [0.15, 0.2) is 12.1 Å². The Bertz CT molecular complexity index is 825. The highest BCUT2D eigenvalue weighted by atomic mass is 31.2. The lowest BCUT2D eigenvalue weighted by Gasteiger charge is -2.23. The monoisotopic (exact) mass is 550 g/mol. The summed E-state index contributed by atoms with van der Waals surface area (Å²) in [6.07, 6.45) is 5.65. The highest BCUT2D eigenvalue weighted by Gasteiger charge is 2.30. The molecular weight excluding hydrogens is 502 g/mol. The molecule has 0 saturated heterocycles. The molecule has 0 saturated carbocycles. The number of hydrogen-bond donors (Lipinski definition) is 0. The molecular formula is C26H48O8P2. The lowest BCUT2D eigenvalue weighted by molar-refractivity contribution is 0.216. The Kier molecular flexibility index (Phi) is 16.2. The van der Waals surface area contributed by atoms with E-state index in [0.717, 1.165) is 12.8 Å². The number of benzene rings is 1. The van der Waals surface area contributed by atoms with Crippen molar-refractivity contribution < 1.29 is 36.7 Å². The Balaban J connectivity index is 3.37. The highest BCUT2D eigenvalue weighted by molar-refractivity contribution is 7.53. The van der Waals surface area contributed by atoms with E-state index in [9.17, 15) is 9.13 Å². The summed E-state index contributed by atoms with van der Waals surface area (Å²) < 4.78 is 60.6. The molecule has 1 aromatic rings. The Hall–Kier alpha value is -0.880. The van der Waals surface area contributed by atoms with Gasteiger partial charge in [-0.1, -0.05) is 39.5 Å². The van der Waals surface area contributed by atoms with E-state index in [1.54, 1.807) is 46.9 Å². The topological polar surface area (TPSA) is 89.5 Å². The number of hydrogen-bond acceptors (Lipinski definition) is 8. The summed E-state index contributed by atoms with van der Waals surface area (Å²) in [5.74, 6) is 1.63. The fourth-order valence-corrected chi connectivity index (χ4v) is 7.47. The molecule has 210 valence electrons. The maximum absolute atomic E-state index is 13.3. The molecule has 36 heavy (non-hydrogen) atoms. The van der Waals surface area contributed by atoms with Crippen LogP contribution in [0, 0.1) is 5.92 Å². The van der Waals surface area contributed by atoms with Gasteiger partial charge in [0.15, 0.2) is 0 Å². The molecule has 0 aliphatic carbocycles. The van der Waals surface area contributed by atoms with Crippen LogP contribution < -0.4 is 9.47 Å². The fourth-order valence-electron chi connectivity index (χ4n) is 4.06. The van der Waals surface area contributed by atoms with Crippen molar-refractivity contribution in [2.75, 3.05) is 40.1 Å². The van der Waals surface area contributed by atoms with Crippen LogP contribution in [-0.2, 0) is 39.5 Å². The van der Waals surface area contributed by atoms with E-state index in [2.05, 4.69) is 13.8 Å². The van der Waals surface area contributed by atoms with Gasteiger partial charge in [0.05, 0.1) is 52.5 Å². The van der Waals surface area contributed by atoms with E-state index in [0.29, 0.717) is 35.2 Å². The van der Waals surface area contributed by atoms with Gasteiger partial charge >= 0.3 is 15.2 Å². The average Bonchev–Trinajstić information content (AvgIpc) is 2.83. The van der Waals surface area contributed by atoms with Crippen molar-refractivity contribution in [1.82, 2.24) is 0 Å². The van der Waals surface area contributed by atoms with E-state index < -0.39 is 15.2 Å². The first-order valence-corrected chi connectivity index (χ1v) is 16.8. The Morgan fingerprint density at radius 1 is 0.722 bits per heavy atom. The van der Waals surface area contributed by atoms with Crippen LogP contribution in [0.3, 0.4) is 0 Å². The molecule has 0 aliphatic rings. The zero-order valence-electron chi connectivity index (χ0n) is 23.4. The summed E-state index contributed by atoms with van der Waals surface area (Å²) in [6, 6.07) is 3.57. The summed E-state index contributed by atoms with van der Waals surface area (Å²) in [5.41, 5.74) is 1.30. The molecule has 1 rings (SSSR count). The van der Waals surface area contributed by atoms with Crippen LogP contribution >= 0.6 is 15.2 Å². The second kappa shape index (κ2) is 17.6. The van der Waals surface area contributed by atoms with E-state index in [1.165, 1.54) is 19.3 Å². The second-order valence-electron chi connectivity index (χ2n) is 8.53. The molecule has 8 nitrogen and oxygen atoms in total. The minimum atomic E-state index is -3.39. The lowest BCUT2D eigenvalue weighted by Crippen LogP contribution is -2.09. The average molecular weight is 551 g/mol. The largest absolute Gasteiger partial charge is 0.496 e. The third-order valence-corrected chi connectivity index (χ3v) is 9.88. The van der Waals surface area contributed by atoms with Crippen molar-refractivity contribution in [2.24, 2.45) is 5.92 Å². The minimum absolute atomic E-state index is 0.0388. The van der Waals surface area contributed by atoms with Gasteiger partial charge in [-0.05, 0) is 52.2 Å². The van der Waals surface area contributed by atoms with E-state index in [1.807, 2.05) is 0 Å². The quantitative estimate of drug-likeness (QED) is 0.141. The van der Waals surface area contributed by atoms with Crippen LogP contribution in [0.25, 0.3) is 0 Å². The number of ether oxygens (including phenoxy) is 2. The van der Waals surface area contributed by atoms with Gasteiger partial charge in [-0.3, -0.25) is 9.13 Å². The molecule has 10 heteroatoms. The SMILES string of the molecule is CCCCC(CC)CCOc1cc(CP(=O)(OCC)OCC)c(OC)cc1CP(=O)(OCC)OCC. The van der Waals surface area contributed by atoms with Crippen LogP contribution in [0.4, 0.5) is 0 Å². The molecule has 0 bridgehead atoms. The molecule has 0 aliphatic heterocycles. The smallest absolute Gasteiger partial charge is 0.335 e. The Morgan fingerprint density at radius 3 is 1.61 bits per heavy atom. The molecule has 1 atom stereocenters. The first-order chi connectivity index (χ1) is 17.2. The standard InChI is InChI=1S/C26H48O8P2/c1-8-14-15-22(9-2)16-17-30-26-19-23(20-35(27,31-10-3)32-11-4)25(29-7)18-24(26)21-36(28,33-12-5)34-13-6/h18-19,22H,8-17,20-21H2,1-7H3. The van der Waals surface area contributed by atoms with Crippen molar-refractivity contribution in [3.05, 3.63) is 23.3 Å². The molecule has 0 heterocycles. The molecule has 0 radical (unpaired) electrons. The van der Waals surface area contributed by atoms with E-state index >= 15 is 0 Å². The highest BCUT2D eigenvalue weighted by Crippen LogP contribution is 2.55. The third-order valence-electron chi connectivity index (χ3n) is 5.82. The number of rotatable bonds is 21. The van der Waals surface area contributed by atoms with Crippen molar-refractivity contribution in [1.29, 1.82) is 0 Å².